The molecular formula is C25H31ClN4O3. The highest BCUT2D eigenvalue weighted by atomic mass is 35.5. The maximum atomic E-state index is 13.6. The molecule has 1 amide bonds. The number of halogens is 1. The Hall–Kier alpha value is -2.38. The highest BCUT2D eigenvalue weighted by Gasteiger charge is 2.31. The number of carbonyl (C=O) groups is 1. The first kappa shape index (κ1) is 22.4. The summed E-state index contributed by atoms with van der Waals surface area (Å²) in [5, 5.41) is 9.08. The van der Waals surface area contributed by atoms with E-state index in [0.717, 1.165) is 55.8 Å². The number of nitrogens with zero attached hydrogens (tertiary/aromatic N) is 2. The summed E-state index contributed by atoms with van der Waals surface area (Å²) in [6.07, 6.45) is 8.95. The first-order valence-electron chi connectivity index (χ1n) is 12.1. The lowest BCUT2D eigenvalue weighted by molar-refractivity contribution is -0.124. The standard InChI is InChI=1S/C25H31ClN4O3/c1-14-20-23(29-33-14)21-18(26)11-6-12-19(21)30(25(20)32)17-10-5-9-16(13-17)28-24(31)22(27)15-7-3-2-4-8-15/h6,11-12,15-17,22H,2-5,7-10,13,27H2,1H3,(H,28,31). The second-order valence-electron chi connectivity index (χ2n) is 9.72. The van der Waals surface area contributed by atoms with Gasteiger partial charge < -0.3 is 20.1 Å². The van der Waals surface area contributed by atoms with E-state index in [9.17, 15) is 9.59 Å². The second-order valence-corrected chi connectivity index (χ2v) is 10.1. The van der Waals surface area contributed by atoms with Gasteiger partial charge in [0, 0.05) is 17.5 Å². The topological polar surface area (TPSA) is 103 Å². The average Bonchev–Trinajstić information content (AvgIpc) is 3.21. The Labute approximate surface area is 197 Å². The van der Waals surface area contributed by atoms with E-state index >= 15 is 0 Å². The van der Waals surface area contributed by atoms with E-state index in [1.54, 1.807) is 13.0 Å². The number of hydrogen-bond acceptors (Lipinski definition) is 5. The van der Waals surface area contributed by atoms with Gasteiger partial charge in [-0.15, -0.1) is 0 Å². The predicted molar refractivity (Wildman–Crippen MR) is 130 cm³/mol. The number of pyridine rings is 1. The van der Waals surface area contributed by atoms with Crippen LogP contribution in [0.15, 0.2) is 27.5 Å². The lowest BCUT2D eigenvalue weighted by atomic mass is 9.83. The van der Waals surface area contributed by atoms with Crippen molar-refractivity contribution in [2.45, 2.75) is 82.8 Å². The largest absolute Gasteiger partial charge is 0.360 e. The number of rotatable bonds is 4. The van der Waals surface area contributed by atoms with Crippen LogP contribution in [0.1, 0.15) is 69.6 Å². The van der Waals surface area contributed by atoms with Crippen LogP contribution in [0.5, 0.6) is 0 Å². The van der Waals surface area contributed by atoms with Crippen molar-refractivity contribution >= 4 is 39.3 Å². The molecular weight excluding hydrogens is 440 g/mol. The van der Waals surface area contributed by atoms with Crippen molar-refractivity contribution in [1.29, 1.82) is 0 Å². The van der Waals surface area contributed by atoms with Gasteiger partial charge in [0.25, 0.3) is 5.56 Å². The Morgan fingerprint density at radius 2 is 1.97 bits per heavy atom. The summed E-state index contributed by atoms with van der Waals surface area (Å²) in [6.45, 7) is 1.75. The molecule has 2 aliphatic carbocycles. The number of aromatic nitrogens is 2. The monoisotopic (exact) mass is 470 g/mol. The molecule has 0 bridgehead atoms. The van der Waals surface area contributed by atoms with Crippen LogP contribution < -0.4 is 16.6 Å². The van der Waals surface area contributed by atoms with Gasteiger partial charge >= 0.3 is 0 Å². The highest BCUT2D eigenvalue weighted by Crippen LogP contribution is 2.35. The maximum Gasteiger partial charge on any atom is 0.264 e. The maximum absolute atomic E-state index is 13.6. The summed E-state index contributed by atoms with van der Waals surface area (Å²) in [5.74, 6) is 0.702. The molecule has 0 spiro atoms. The molecule has 7 nitrogen and oxygen atoms in total. The molecule has 0 radical (unpaired) electrons. The van der Waals surface area contributed by atoms with Crippen molar-refractivity contribution in [2.75, 3.05) is 0 Å². The van der Waals surface area contributed by atoms with Gasteiger partial charge in [0.05, 0.1) is 16.6 Å². The smallest absolute Gasteiger partial charge is 0.264 e. The lowest BCUT2D eigenvalue weighted by Gasteiger charge is -2.33. The molecule has 3 atom stereocenters. The SMILES string of the molecule is Cc1onc2c1c(=O)n(C1CCCC(NC(=O)C(N)C3CCCCC3)C1)c1cccc(Cl)c21. The number of amides is 1. The van der Waals surface area contributed by atoms with Crippen molar-refractivity contribution in [3.05, 3.63) is 39.3 Å². The summed E-state index contributed by atoms with van der Waals surface area (Å²) in [6, 6.07) is 5.05. The molecule has 5 rings (SSSR count). The number of nitrogens with two attached hydrogens (primary N) is 1. The summed E-state index contributed by atoms with van der Waals surface area (Å²) < 4.78 is 7.21. The van der Waals surface area contributed by atoms with Gasteiger partial charge in [0.1, 0.15) is 16.7 Å². The van der Waals surface area contributed by atoms with E-state index in [0.29, 0.717) is 28.1 Å². The fourth-order valence-electron chi connectivity index (χ4n) is 5.87. The Kier molecular flexibility index (Phi) is 6.18. The summed E-state index contributed by atoms with van der Waals surface area (Å²) in [5.41, 5.74) is 7.48. The van der Waals surface area contributed by atoms with E-state index in [-0.39, 0.29) is 29.5 Å². The molecule has 0 aliphatic heterocycles. The molecule has 176 valence electrons. The molecule has 33 heavy (non-hydrogen) atoms. The van der Waals surface area contributed by atoms with Gasteiger partial charge in [-0.2, -0.15) is 0 Å². The van der Waals surface area contributed by atoms with Crippen molar-refractivity contribution in [3.8, 4) is 0 Å². The number of hydrogen-bond donors (Lipinski definition) is 2. The predicted octanol–water partition coefficient (Wildman–Crippen LogP) is 4.61. The number of nitrogens with one attached hydrogen (secondary N) is 1. The molecule has 2 aromatic heterocycles. The van der Waals surface area contributed by atoms with Gasteiger partial charge in [0.15, 0.2) is 0 Å². The van der Waals surface area contributed by atoms with Crippen LogP contribution in [-0.4, -0.2) is 27.7 Å². The molecule has 8 heteroatoms. The van der Waals surface area contributed by atoms with Gasteiger partial charge in [-0.05, 0) is 63.5 Å². The van der Waals surface area contributed by atoms with Crippen molar-refractivity contribution in [2.24, 2.45) is 11.7 Å². The Balaban J connectivity index is 1.45. The molecule has 3 N–H and O–H groups in total. The normalized spacial score (nSPS) is 23.1. The van der Waals surface area contributed by atoms with Crippen LogP contribution in [0.3, 0.4) is 0 Å². The van der Waals surface area contributed by atoms with Gasteiger partial charge in [-0.3, -0.25) is 9.59 Å². The molecule has 2 aliphatic rings. The second kappa shape index (κ2) is 9.11. The number of fused-ring (bicyclic) bond motifs is 3. The first-order chi connectivity index (χ1) is 16.0. The molecule has 2 heterocycles. The van der Waals surface area contributed by atoms with E-state index in [1.807, 2.05) is 16.7 Å². The van der Waals surface area contributed by atoms with E-state index < -0.39 is 6.04 Å². The number of carbonyl (C=O) groups excluding carboxylic acids is 1. The number of benzene rings is 1. The summed E-state index contributed by atoms with van der Waals surface area (Å²) in [7, 11) is 0. The van der Waals surface area contributed by atoms with Crippen LogP contribution in [0.2, 0.25) is 5.02 Å². The first-order valence-corrected chi connectivity index (χ1v) is 12.5. The molecule has 3 unspecified atom stereocenters. The third-order valence-corrected chi connectivity index (χ3v) is 7.92. The van der Waals surface area contributed by atoms with Crippen LogP contribution in [0, 0.1) is 12.8 Å². The van der Waals surface area contributed by atoms with E-state index in [1.165, 1.54) is 6.42 Å². The Morgan fingerprint density at radius 3 is 2.76 bits per heavy atom. The lowest BCUT2D eigenvalue weighted by Crippen LogP contribution is -2.50. The van der Waals surface area contributed by atoms with Crippen LogP contribution in [-0.2, 0) is 4.79 Å². The fraction of sp³-hybridized carbons (Fsp3) is 0.560. The molecule has 1 aromatic carbocycles. The zero-order valence-corrected chi connectivity index (χ0v) is 19.7. The summed E-state index contributed by atoms with van der Waals surface area (Å²) in [4.78, 5) is 26.5. The zero-order chi connectivity index (χ0) is 23.1. The minimum absolute atomic E-state index is 0.00806. The molecule has 0 saturated heterocycles. The number of aryl methyl sites for hydroxylation is 1. The third kappa shape index (κ3) is 4.06. The Morgan fingerprint density at radius 1 is 1.18 bits per heavy atom. The highest BCUT2D eigenvalue weighted by molar-refractivity contribution is 6.37. The average molecular weight is 471 g/mol. The Bertz CT molecular complexity index is 1240. The van der Waals surface area contributed by atoms with E-state index in [2.05, 4.69) is 10.5 Å². The minimum atomic E-state index is -0.455. The van der Waals surface area contributed by atoms with Crippen LogP contribution in [0.25, 0.3) is 21.8 Å². The van der Waals surface area contributed by atoms with E-state index in [4.69, 9.17) is 21.9 Å². The summed E-state index contributed by atoms with van der Waals surface area (Å²) >= 11 is 6.55. The molecule has 2 fully saturated rings. The van der Waals surface area contributed by atoms with Crippen molar-refractivity contribution in [1.82, 2.24) is 15.0 Å². The molecule has 3 aromatic rings. The molecule has 2 saturated carbocycles. The minimum Gasteiger partial charge on any atom is -0.360 e. The van der Waals surface area contributed by atoms with Crippen molar-refractivity contribution < 1.29 is 9.32 Å². The van der Waals surface area contributed by atoms with Crippen molar-refractivity contribution in [3.63, 3.8) is 0 Å². The van der Waals surface area contributed by atoms with Crippen LogP contribution in [0.4, 0.5) is 0 Å². The van der Waals surface area contributed by atoms with Gasteiger partial charge in [-0.1, -0.05) is 42.1 Å². The zero-order valence-electron chi connectivity index (χ0n) is 19.0. The fourth-order valence-corrected chi connectivity index (χ4v) is 6.13. The van der Waals surface area contributed by atoms with Crippen LogP contribution >= 0.6 is 11.6 Å². The van der Waals surface area contributed by atoms with Gasteiger partial charge in [-0.25, -0.2) is 0 Å². The third-order valence-electron chi connectivity index (χ3n) is 7.60. The van der Waals surface area contributed by atoms with Gasteiger partial charge in [0.2, 0.25) is 5.91 Å². The quantitative estimate of drug-likeness (QED) is 0.579.